The summed E-state index contributed by atoms with van der Waals surface area (Å²) in [5.74, 6) is -1.29. The van der Waals surface area contributed by atoms with Crippen LogP contribution in [0.4, 0.5) is 5.69 Å². The second-order valence-electron chi connectivity index (χ2n) is 6.17. The number of carbonyl (C=O) groups excluding carboxylic acids is 3. The lowest BCUT2D eigenvalue weighted by atomic mass is 10.1. The summed E-state index contributed by atoms with van der Waals surface area (Å²) in [6.07, 6.45) is 0.228. The van der Waals surface area contributed by atoms with Crippen LogP contribution >= 0.6 is 0 Å². The van der Waals surface area contributed by atoms with Crippen LogP contribution in [-0.2, 0) is 14.3 Å². The predicted molar refractivity (Wildman–Crippen MR) is 103 cm³/mol. The number of para-hydroxylation sites is 1. The number of amides is 2. The van der Waals surface area contributed by atoms with Crippen molar-refractivity contribution in [3.8, 4) is 5.88 Å². The fraction of sp³-hybridized carbons (Fsp3) is 0.300. The van der Waals surface area contributed by atoms with Gasteiger partial charge in [0, 0.05) is 18.0 Å². The number of aryl methyl sites for hydroxylation is 2. The Kier molecular flexibility index (Phi) is 7.08. The first kappa shape index (κ1) is 20.9. The minimum atomic E-state index is -1.07. The van der Waals surface area contributed by atoms with Crippen LogP contribution in [-0.4, -0.2) is 42.5 Å². The van der Waals surface area contributed by atoms with Crippen LogP contribution < -0.4 is 15.4 Å². The van der Waals surface area contributed by atoms with Gasteiger partial charge < -0.3 is 20.1 Å². The first-order valence-electron chi connectivity index (χ1n) is 8.66. The van der Waals surface area contributed by atoms with Gasteiger partial charge in [0.2, 0.25) is 11.8 Å². The Morgan fingerprint density at radius 1 is 1.11 bits per heavy atom. The average Bonchev–Trinajstić information content (AvgIpc) is 2.69. The Morgan fingerprint density at radius 2 is 1.79 bits per heavy atom. The fourth-order valence-electron chi connectivity index (χ4n) is 2.41. The second-order valence-corrected chi connectivity index (χ2v) is 6.17. The number of pyridine rings is 1. The molecule has 0 aliphatic carbocycles. The highest BCUT2D eigenvalue weighted by Gasteiger charge is 2.20. The molecule has 28 heavy (non-hydrogen) atoms. The Labute approximate surface area is 163 Å². The van der Waals surface area contributed by atoms with Gasteiger partial charge in [-0.05, 0) is 38.0 Å². The van der Waals surface area contributed by atoms with Crippen LogP contribution in [0.2, 0.25) is 0 Å². The van der Waals surface area contributed by atoms with E-state index in [0.29, 0.717) is 11.6 Å². The first-order valence-corrected chi connectivity index (χ1v) is 8.66. The van der Waals surface area contributed by atoms with Crippen molar-refractivity contribution in [3.05, 3.63) is 53.2 Å². The van der Waals surface area contributed by atoms with Crippen LogP contribution in [0.15, 0.2) is 36.5 Å². The number of esters is 1. The van der Waals surface area contributed by atoms with Gasteiger partial charge in [0.25, 0.3) is 5.91 Å². The molecule has 0 saturated carbocycles. The summed E-state index contributed by atoms with van der Waals surface area (Å²) in [4.78, 5) is 40.1. The molecule has 0 aliphatic rings. The maximum absolute atomic E-state index is 12.1. The molecule has 2 aromatic rings. The topological polar surface area (TPSA) is 107 Å². The number of anilines is 1. The number of carbonyl (C=O) groups is 3. The quantitative estimate of drug-likeness (QED) is 0.706. The Balaban J connectivity index is 1.84. The molecule has 1 heterocycles. The molecule has 1 aromatic carbocycles. The van der Waals surface area contributed by atoms with Gasteiger partial charge in [-0.1, -0.05) is 18.2 Å². The van der Waals surface area contributed by atoms with Crippen molar-refractivity contribution in [1.82, 2.24) is 10.3 Å². The van der Waals surface area contributed by atoms with Crippen LogP contribution in [0.25, 0.3) is 0 Å². The molecule has 8 nitrogen and oxygen atoms in total. The van der Waals surface area contributed by atoms with Gasteiger partial charge in [-0.2, -0.15) is 0 Å². The first-order chi connectivity index (χ1) is 13.3. The van der Waals surface area contributed by atoms with Crippen LogP contribution in [0.5, 0.6) is 5.88 Å². The predicted octanol–water partition coefficient (Wildman–Crippen LogP) is 2.01. The van der Waals surface area contributed by atoms with E-state index in [1.165, 1.54) is 32.4 Å². The van der Waals surface area contributed by atoms with E-state index in [-0.39, 0.29) is 18.0 Å². The minimum absolute atomic E-state index is 0.188. The molecule has 8 heteroatoms. The van der Waals surface area contributed by atoms with E-state index < -0.39 is 18.0 Å². The molecule has 0 aliphatic heterocycles. The summed E-state index contributed by atoms with van der Waals surface area (Å²) in [5, 5.41) is 5.22. The van der Waals surface area contributed by atoms with Gasteiger partial charge in [0.1, 0.15) is 0 Å². The molecular formula is C20H23N3O5. The Bertz CT molecular complexity index is 844. The van der Waals surface area contributed by atoms with E-state index in [4.69, 9.17) is 9.47 Å². The van der Waals surface area contributed by atoms with Gasteiger partial charge in [-0.3, -0.25) is 9.59 Å². The van der Waals surface area contributed by atoms with Gasteiger partial charge in [0.15, 0.2) is 6.10 Å². The molecule has 1 atom stereocenters. The highest BCUT2D eigenvalue weighted by atomic mass is 16.5. The number of benzene rings is 1. The van der Waals surface area contributed by atoms with E-state index in [9.17, 15) is 14.4 Å². The normalized spacial score (nSPS) is 11.3. The molecule has 0 radical (unpaired) electrons. The summed E-state index contributed by atoms with van der Waals surface area (Å²) >= 11 is 0. The Morgan fingerprint density at radius 3 is 2.36 bits per heavy atom. The maximum atomic E-state index is 12.1. The third-order valence-electron chi connectivity index (χ3n) is 4.00. The molecule has 0 fully saturated rings. The van der Waals surface area contributed by atoms with E-state index in [2.05, 4.69) is 15.6 Å². The summed E-state index contributed by atoms with van der Waals surface area (Å²) in [6, 6.07) is 8.67. The smallest absolute Gasteiger partial charge is 0.340 e. The monoisotopic (exact) mass is 385 g/mol. The molecule has 1 aromatic heterocycles. The number of ether oxygens (including phenoxy) is 2. The number of hydrogen-bond acceptors (Lipinski definition) is 6. The van der Waals surface area contributed by atoms with Crippen molar-refractivity contribution in [1.29, 1.82) is 0 Å². The Hall–Kier alpha value is -3.42. The van der Waals surface area contributed by atoms with Gasteiger partial charge in [-0.15, -0.1) is 0 Å². The van der Waals surface area contributed by atoms with E-state index in [0.717, 1.165) is 11.1 Å². The van der Waals surface area contributed by atoms with Crippen LogP contribution in [0, 0.1) is 13.8 Å². The number of hydrogen-bond donors (Lipinski definition) is 2. The second kappa shape index (κ2) is 9.50. The maximum Gasteiger partial charge on any atom is 0.340 e. The lowest BCUT2D eigenvalue weighted by Crippen LogP contribution is -2.40. The van der Waals surface area contributed by atoms with Crippen molar-refractivity contribution >= 4 is 23.5 Å². The molecule has 2 N–H and O–H groups in total. The van der Waals surface area contributed by atoms with Crippen LogP contribution in [0.3, 0.4) is 0 Å². The lowest BCUT2D eigenvalue weighted by Gasteiger charge is -2.14. The number of methoxy groups -OCH3 is 1. The van der Waals surface area contributed by atoms with Crippen molar-refractivity contribution < 1.29 is 23.9 Å². The van der Waals surface area contributed by atoms with Gasteiger partial charge >= 0.3 is 5.97 Å². The molecule has 0 spiro atoms. The third-order valence-corrected chi connectivity index (χ3v) is 4.00. The summed E-state index contributed by atoms with van der Waals surface area (Å²) in [5.41, 5.74) is 2.76. The van der Waals surface area contributed by atoms with Gasteiger partial charge in [0.05, 0.1) is 19.2 Å². The van der Waals surface area contributed by atoms with E-state index in [1.54, 1.807) is 0 Å². The summed E-state index contributed by atoms with van der Waals surface area (Å²) in [7, 11) is 1.46. The standard InChI is InChI=1S/C20H23N3O5/c1-12-6-5-7-13(2)18(12)23-16(24)11-22-19(25)14(3)28-20(26)15-8-9-17(27-4)21-10-15/h5-10,14H,11H2,1-4H3,(H,22,25)(H,23,24). The summed E-state index contributed by atoms with van der Waals surface area (Å²) < 4.78 is 10.0. The highest BCUT2D eigenvalue weighted by Crippen LogP contribution is 2.19. The summed E-state index contributed by atoms with van der Waals surface area (Å²) in [6.45, 7) is 4.96. The molecule has 0 bridgehead atoms. The van der Waals surface area contributed by atoms with E-state index >= 15 is 0 Å². The zero-order chi connectivity index (χ0) is 20.7. The minimum Gasteiger partial charge on any atom is -0.481 e. The number of aromatic nitrogens is 1. The zero-order valence-corrected chi connectivity index (χ0v) is 16.2. The van der Waals surface area contributed by atoms with Crippen molar-refractivity contribution in [2.24, 2.45) is 0 Å². The molecule has 148 valence electrons. The number of nitrogens with one attached hydrogen (secondary N) is 2. The van der Waals surface area contributed by atoms with Crippen molar-refractivity contribution in [3.63, 3.8) is 0 Å². The molecule has 1 unspecified atom stereocenters. The number of nitrogens with zero attached hydrogens (tertiary/aromatic N) is 1. The largest absolute Gasteiger partial charge is 0.481 e. The fourth-order valence-corrected chi connectivity index (χ4v) is 2.41. The molecule has 2 rings (SSSR count). The van der Waals surface area contributed by atoms with Crippen molar-refractivity contribution in [2.75, 3.05) is 19.0 Å². The lowest BCUT2D eigenvalue weighted by molar-refractivity contribution is -0.130. The molecule has 2 amide bonds. The highest BCUT2D eigenvalue weighted by molar-refractivity contribution is 5.97. The SMILES string of the molecule is COc1ccc(C(=O)OC(C)C(=O)NCC(=O)Nc2c(C)cccc2C)cn1. The van der Waals surface area contributed by atoms with Crippen LogP contribution in [0.1, 0.15) is 28.4 Å². The zero-order valence-electron chi connectivity index (χ0n) is 16.2. The molecular weight excluding hydrogens is 362 g/mol. The van der Waals surface area contributed by atoms with E-state index in [1.807, 2.05) is 32.0 Å². The average molecular weight is 385 g/mol. The third kappa shape index (κ3) is 5.54. The number of rotatable bonds is 7. The molecule has 0 saturated heterocycles. The van der Waals surface area contributed by atoms with Crippen molar-refractivity contribution in [2.45, 2.75) is 26.9 Å². The van der Waals surface area contributed by atoms with Gasteiger partial charge in [-0.25, -0.2) is 9.78 Å².